The molecule has 0 aliphatic rings. The Morgan fingerprint density at radius 1 is 1.55 bits per heavy atom. The molecule has 0 radical (unpaired) electrons. The summed E-state index contributed by atoms with van der Waals surface area (Å²) in [5, 5.41) is 12.8. The number of amides is 1. The molecule has 0 unspecified atom stereocenters. The number of aliphatic hydroxyl groups is 1. The third-order valence-corrected chi connectivity index (χ3v) is 4.24. The first-order chi connectivity index (χ1) is 9.40. The molecule has 1 amide bonds. The number of nitrogens with two attached hydrogens (primary N) is 1. The lowest BCUT2D eigenvalue weighted by atomic mass is 10.1. The van der Waals surface area contributed by atoms with Gasteiger partial charge in [0.1, 0.15) is 10.7 Å². The maximum absolute atomic E-state index is 12.2. The molecule has 20 heavy (non-hydrogen) atoms. The number of aliphatic hydroxyl groups excluding tert-OH is 1. The quantitative estimate of drug-likeness (QED) is 0.706. The van der Waals surface area contributed by atoms with Gasteiger partial charge in [-0.15, -0.1) is 0 Å². The molecule has 114 valence electrons. The summed E-state index contributed by atoms with van der Waals surface area (Å²) in [6.45, 7) is 6.73. The van der Waals surface area contributed by atoms with Gasteiger partial charge in [-0.2, -0.15) is 0 Å². The molecule has 6 nitrogen and oxygen atoms in total. The predicted octanol–water partition coefficient (Wildman–Crippen LogP) is 1.32. The monoisotopic (exact) mass is 300 g/mol. The molecule has 0 saturated heterocycles. The SMILES string of the molecule is CCCN(C)c1nc(N)c(C(=O)N[C@H](CO)C(C)C)s1. The Morgan fingerprint density at radius 2 is 2.20 bits per heavy atom. The molecule has 0 aliphatic carbocycles. The number of rotatable bonds is 7. The Hall–Kier alpha value is -1.34. The second-order valence-corrected chi connectivity index (χ2v) is 6.12. The third-order valence-electron chi connectivity index (χ3n) is 3.05. The van der Waals surface area contributed by atoms with Crippen molar-refractivity contribution < 1.29 is 9.90 Å². The molecule has 0 spiro atoms. The van der Waals surface area contributed by atoms with Gasteiger partial charge in [-0.1, -0.05) is 32.1 Å². The molecule has 1 heterocycles. The summed E-state index contributed by atoms with van der Waals surface area (Å²) in [6, 6.07) is -0.277. The van der Waals surface area contributed by atoms with E-state index in [1.54, 1.807) is 0 Å². The Kier molecular flexibility index (Phi) is 6.22. The summed E-state index contributed by atoms with van der Waals surface area (Å²) >= 11 is 1.28. The van der Waals surface area contributed by atoms with Gasteiger partial charge >= 0.3 is 0 Å². The van der Waals surface area contributed by atoms with Crippen LogP contribution in [0, 0.1) is 5.92 Å². The van der Waals surface area contributed by atoms with E-state index >= 15 is 0 Å². The Labute approximate surface area is 124 Å². The lowest BCUT2D eigenvalue weighted by Crippen LogP contribution is -2.41. The van der Waals surface area contributed by atoms with Crippen molar-refractivity contribution in [1.82, 2.24) is 10.3 Å². The van der Waals surface area contributed by atoms with Gasteiger partial charge in [0.15, 0.2) is 5.13 Å². The Bertz CT molecular complexity index is 448. The highest BCUT2D eigenvalue weighted by atomic mass is 32.1. The van der Waals surface area contributed by atoms with Gasteiger partial charge in [-0.05, 0) is 12.3 Å². The first-order valence-electron chi connectivity index (χ1n) is 6.79. The molecule has 1 rings (SSSR count). The zero-order valence-electron chi connectivity index (χ0n) is 12.5. The highest BCUT2D eigenvalue weighted by Crippen LogP contribution is 2.27. The number of nitrogen functional groups attached to an aromatic ring is 1. The van der Waals surface area contributed by atoms with E-state index in [1.165, 1.54) is 11.3 Å². The summed E-state index contributed by atoms with van der Waals surface area (Å²) < 4.78 is 0. The fourth-order valence-corrected chi connectivity index (χ4v) is 2.61. The minimum Gasteiger partial charge on any atom is -0.394 e. The van der Waals surface area contributed by atoms with Crippen molar-refractivity contribution in [3.8, 4) is 0 Å². The van der Waals surface area contributed by atoms with E-state index in [0.29, 0.717) is 4.88 Å². The van der Waals surface area contributed by atoms with Crippen molar-refractivity contribution in [2.45, 2.75) is 33.2 Å². The van der Waals surface area contributed by atoms with Gasteiger partial charge in [-0.25, -0.2) is 4.98 Å². The van der Waals surface area contributed by atoms with Crippen LogP contribution in [0.3, 0.4) is 0 Å². The van der Waals surface area contributed by atoms with Gasteiger partial charge in [-0.3, -0.25) is 4.79 Å². The number of hydrogen-bond acceptors (Lipinski definition) is 6. The van der Waals surface area contributed by atoms with E-state index < -0.39 is 0 Å². The van der Waals surface area contributed by atoms with E-state index in [2.05, 4.69) is 17.2 Å². The number of anilines is 2. The van der Waals surface area contributed by atoms with Crippen LogP contribution in [0.2, 0.25) is 0 Å². The number of thiazole rings is 1. The second kappa shape index (κ2) is 7.44. The summed E-state index contributed by atoms with van der Waals surface area (Å²) in [7, 11) is 1.92. The summed E-state index contributed by atoms with van der Waals surface area (Å²) in [5.74, 6) is 0.120. The average Bonchev–Trinajstić information content (AvgIpc) is 2.78. The van der Waals surface area contributed by atoms with Gasteiger partial charge in [0.2, 0.25) is 0 Å². The average molecular weight is 300 g/mol. The molecule has 0 saturated carbocycles. The van der Waals surface area contributed by atoms with Gasteiger partial charge in [0.05, 0.1) is 12.6 Å². The molecule has 0 aromatic carbocycles. The van der Waals surface area contributed by atoms with Crippen molar-refractivity contribution in [2.75, 3.05) is 30.8 Å². The largest absolute Gasteiger partial charge is 0.394 e. The lowest BCUT2D eigenvalue weighted by molar-refractivity contribution is 0.0901. The standard InChI is InChI=1S/C13H24N4O2S/c1-5-6-17(4)13-16-11(14)10(20-13)12(19)15-9(7-18)8(2)3/h8-9,18H,5-7,14H2,1-4H3,(H,15,19)/t9-/m1/s1. The molecule has 1 aromatic rings. The van der Waals surface area contributed by atoms with Crippen LogP contribution in [0.25, 0.3) is 0 Å². The number of carbonyl (C=O) groups excluding carboxylic acids is 1. The van der Waals surface area contributed by atoms with Crippen LogP contribution in [0.1, 0.15) is 36.9 Å². The fourth-order valence-electron chi connectivity index (χ4n) is 1.73. The van der Waals surface area contributed by atoms with Gasteiger partial charge < -0.3 is 21.1 Å². The molecule has 0 fully saturated rings. The van der Waals surface area contributed by atoms with Crippen LogP contribution < -0.4 is 16.0 Å². The normalized spacial score (nSPS) is 12.5. The van der Waals surface area contributed by atoms with Crippen LogP contribution in [0.4, 0.5) is 10.9 Å². The van der Waals surface area contributed by atoms with Crippen molar-refractivity contribution in [1.29, 1.82) is 0 Å². The molecule has 0 bridgehead atoms. The third kappa shape index (κ3) is 4.08. The van der Waals surface area contributed by atoms with Crippen LogP contribution in [-0.4, -0.2) is 42.2 Å². The molecule has 1 aromatic heterocycles. The maximum atomic E-state index is 12.2. The lowest BCUT2D eigenvalue weighted by Gasteiger charge is -2.19. The zero-order chi connectivity index (χ0) is 15.3. The zero-order valence-corrected chi connectivity index (χ0v) is 13.3. The van der Waals surface area contributed by atoms with E-state index in [9.17, 15) is 9.90 Å². The summed E-state index contributed by atoms with van der Waals surface area (Å²) in [4.78, 5) is 18.8. The minimum absolute atomic E-state index is 0.0925. The maximum Gasteiger partial charge on any atom is 0.265 e. The summed E-state index contributed by atoms with van der Waals surface area (Å²) in [5.41, 5.74) is 5.82. The fraction of sp³-hybridized carbons (Fsp3) is 0.692. The molecular weight excluding hydrogens is 276 g/mol. The van der Waals surface area contributed by atoms with Crippen LogP contribution in [0.5, 0.6) is 0 Å². The summed E-state index contributed by atoms with van der Waals surface area (Å²) in [6.07, 6.45) is 0.997. The number of nitrogens with one attached hydrogen (secondary N) is 1. The number of hydrogen-bond donors (Lipinski definition) is 3. The second-order valence-electron chi connectivity index (χ2n) is 5.14. The number of aromatic nitrogens is 1. The smallest absolute Gasteiger partial charge is 0.265 e. The number of carbonyl (C=O) groups is 1. The van der Waals surface area contributed by atoms with Crippen molar-refractivity contribution >= 4 is 28.2 Å². The van der Waals surface area contributed by atoms with Crippen LogP contribution in [-0.2, 0) is 0 Å². The highest BCUT2D eigenvalue weighted by molar-refractivity contribution is 7.18. The Morgan fingerprint density at radius 3 is 2.70 bits per heavy atom. The van der Waals surface area contributed by atoms with Crippen LogP contribution in [0.15, 0.2) is 0 Å². The van der Waals surface area contributed by atoms with Crippen LogP contribution >= 0.6 is 11.3 Å². The molecule has 1 atom stereocenters. The number of nitrogens with zero attached hydrogens (tertiary/aromatic N) is 2. The minimum atomic E-state index is -0.277. The predicted molar refractivity (Wildman–Crippen MR) is 83.3 cm³/mol. The topological polar surface area (TPSA) is 91.5 Å². The van der Waals surface area contributed by atoms with Crippen molar-refractivity contribution in [3.05, 3.63) is 4.88 Å². The first kappa shape index (κ1) is 16.7. The van der Waals surface area contributed by atoms with Gasteiger partial charge in [0.25, 0.3) is 5.91 Å². The van der Waals surface area contributed by atoms with E-state index in [4.69, 9.17) is 5.73 Å². The van der Waals surface area contributed by atoms with E-state index in [0.717, 1.165) is 18.1 Å². The molecule has 0 aliphatic heterocycles. The molecular formula is C13H24N4O2S. The first-order valence-corrected chi connectivity index (χ1v) is 7.61. The molecule has 4 N–H and O–H groups in total. The van der Waals surface area contributed by atoms with E-state index in [1.807, 2.05) is 25.8 Å². The highest BCUT2D eigenvalue weighted by Gasteiger charge is 2.21. The van der Waals surface area contributed by atoms with Crippen molar-refractivity contribution in [2.24, 2.45) is 5.92 Å². The van der Waals surface area contributed by atoms with E-state index in [-0.39, 0.29) is 30.3 Å². The Balaban J connectivity index is 2.83. The van der Waals surface area contributed by atoms with Gasteiger partial charge in [0, 0.05) is 13.6 Å². The molecule has 7 heteroatoms. The van der Waals surface area contributed by atoms with Crippen molar-refractivity contribution in [3.63, 3.8) is 0 Å².